The van der Waals surface area contributed by atoms with Gasteiger partial charge in [-0.2, -0.15) is 0 Å². The van der Waals surface area contributed by atoms with Crippen molar-refractivity contribution in [3.63, 3.8) is 0 Å². The maximum absolute atomic E-state index is 13.1. The average Bonchev–Trinajstić information content (AvgIpc) is 3.58. The topological polar surface area (TPSA) is 77.4 Å². The number of oxime groups is 1. The Bertz CT molecular complexity index is 1030. The molecule has 4 rings (SSSR count). The van der Waals surface area contributed by atoms with Crippen LogP contribution in [0, 0.1) is 5.41 Å². The molecule has 0 aromatic heterocycles. The predicted molar refractivity (Wildman–Crippen MR) is 128 cm³/mol. The molecule has 7 nitrogen and oxygen atoms in total. The highest BCUT2D eigenvalue weighted by molar-refractivity contribution is 5.99. The van der Waals surface area contributed by atoms with Gasteiger partial charge >= 0.3 is 12.1 Å². The van der Waals surface area contributed by atoms with Gasteiger partial charge in [0.25, 0.3) is 0 Å². The Morgan fingerprint density at radius 2 is 1.56 bits per heavy atom. The third-order valence-electron chi connectivity index (χ3n) is 6.12. The second-order valence-corrected chi connectivity index (χ2v) is 10.00. The smallest absolute Gasteiger partial charge is 0.411 e. The second kappa shape index (κ2) is 9.87. The molecule has 1 atom stereocenters. The van der Waals surface area contributed by atoms with Gasteiger partial charge in [0.1, 0.15) is 24.9 Å². The van der Waals surface area contributed by atoms with E-state index in [0.29, 0.717) is 13.0 Å². The molecule has 1 spiro atoms. The van der Waals surface area contributed by atoms with Crippen LogP contribution >= 0.6 is 0 Å². The number of benzene rings is 2. The van der Waals surface area contributed by atoms with E-state index in [4.69, 9.17) is 14.3 Å². The fourth-order valence-corrected chi connectivity index (χ4v) is 4.11. The summed E-state index contributed by atoms with van der Waals surface area (Å²) >= 11 is 0. The quantitative estimate of drug-likeness (QED) is 0.439. The molecule has 180 valence electrons. The van der Waals surface area contributed by atoms with E-state index in [2.05, 4.69) is 5.16 Å². The fraction of sp³-hybridized carbons (Fsp3) is 0.444. The summed E-state index contributed by atoms with van der Waals surface area (Å²) in [6, 6.07) is 18.6. The molecule has 0 radical (unpaired) electrons. The van der Waals surface area contributed by atoms with E-state index in [1.165, 1.54) is 4.90 Å². The van der Waals surface area contributed by atoms with Crippen molar-refractivity contribution >= 4 is 17.8 Å². The first-order valence-electron chi connectivity index (χ1n) is 11.7. The number of amides is 1. The Kier molecular flexibility index (Phi) is 6.91. The van der Waals surface area contributed by atoms with Gasteiger partial charge in [0.2, 0.25) is 0 Å². The Morgan fingerprint density at radius 3 is 2.12 bits per heavy atom. The summed E-state index contributed by atoms with van der Waals surface area (Å²) in [7, 11) is 0. The standard InChI is InChI=1S/C27H32N2O5/c1-26(2,3)34-25(31)29-17-23(28-33-19-21-12-8-5-9-13-21)27(14-15-27)16-22(29)24(30)32-18-20-10-6-4-7-11-20/h4-13,22H,14-19H2,1-3H3/t22-/m0/s1. The summed E-state index contributed by atoms with van der Waals surface area (Å²) in [5.74, 6) is -0.426. The molecule has 1 saturated heterocycles. The lowest BCUT2D eigenvalue weighted by molar-refractivity contribution is -0.152. The first-order chi connectivity index (χ1) is 16.3. The van der Waals surface area contributed by atoms with Crippen molar-refractivity contribution in [1.82, 2.24) is 4.90 Å². The fourth-order valence-electron chi connectivity index (χ4n) is 4.11. The lowest BCUT2D eigenvalue weighted by Crippen LogP contribution is -2.56. The number of nitrogens with zero attached hydrogens (tertiary/aromatic N) is 2. The molecule has 34 heavy (non-hydrogen) atoms. The van der Waals surface area contributed by atoms with E-state index in [0.717, 1.165) is 29.7 Å². The molecule has 2 aliphatic rings. The van der Waals surface area contributed by atoms with Gasteiger partial charge in [0.15, 0.2) is 0 Å². The van der Waals surface area contributed by atoms with Crippen LogP contribution in [0.1, 0.15) is 51.2 Å². The van der Waals surface area contributed by atoms with Crippen LogP contribution in [0.4, 0.5) is 4.79 Å². The van der Waals surface area contributed by atoms with Gasteiger partial charge in [-0.05, 0) is 51.2 Å². The van der Waals surface area contributed by atoms with Gasteiger partial charge in [-0.15, -0.1) is 0 Å². The van der Waals surface area contributed by atoms with Crippen LogP contribution < -0.4 is 0 Å². The van der Waals surface area contributed by atoms with Crippen molar-refractivity contribution in [2.75, 3.05) is 6.54 Å². The molecule has 2 aromatic carbocycles. The number of piperidine rings is 1. The summed E-state index contributed by atoms with van der Waals surface area (Å²) in [6.45, 7) is 6.09. The number of ether oxygens (including phenoxy) is 2. The molecular formula is C27H32N2O5. The van der Waals surface area contributed by atoms with E-state index in [9.17, 15) is 9.59 Å². The summed E-state index contributed by atoms with van der Waals surface area (Å²) in [5.41, 5.74) is 1.77. The van der Waals surface area contributed by atoms with Gasteiger partial charge in [0.05, 0.1) is 12.3 Å². The van der Waals surface area contributed by atoms with Crippen LogP contribution in [0.2, 0.25) is 0 Å². The largest absolute Gasteiger partial charge is 0.459 e. The lowest BCUT2D eigenvalue weighted by Gasteiger charge is -2.39. The highest BCUT2D eigenvalue weighted by Crippen LogP contribution is 2.54. The van der Waals surface area contributed by atoms with Crippen LogP contribution in [-0.4, -0.2) is 40.9 Å². The third-order valence-corrected chi connectivity index (χ3v) is 6.12. The monoisotopic (exact) mass is 464 g/mol. The van der Waals surface area contributed by atoms with Gasteiger partial charge in [-0.3, -0.25) is 4.90 Å². The van der Waals surface area contributed by atoms with Gasteiger partial charge in [-0.25, -0.2) is 9.59 Å². The number of carbonyl (C=O) groups is 2. The van der Waals surface area contributed by atoms with E-state index in [1.807, 2.05) is 60.7 Å². The van der Waals surface area contributed by atoms with Crippen molar-refractivity contribution in [2.24, 2.45) is 10.6 Å². The molecule has 0 bridgehead atoms. The molecule has 2 fully saturated rings. The van der Waals surface area contributed by atoms with Gasteiger partial charge < -0.3 is 14.3 Å². The van der Waals surface area contributed by atoms with Crippen molar-refractivity contribution in [3.05, 3.63) is 71.8 Å². The zero-order valence-electron chi connectivity index (χ0n) is 20.0. The molecular weight excluding hydrogens is 432 g/mol. The molecule has 1 saturated carbocycles. The first-order valence-corrected chi connectivity index (χ1v) is 11.7. The van der Waals surface area contributed by atoms with E-state index >= 15 is 0 Å². The zero-order valence-corrected chi connectivity index (χ0v) is 20.0. The molecule has 2 aromatic rings. The number of hydrogen-bond donors (Lipinski definition) is 0. The minimum Gasteiger partial charge on any atom is -0.459 e. The van der Waals surface area contributed by atoms with Crippen LogP contribution in [0.15, 0.2) is 65.8 Å². The number of likely N-dealkylation sites (tertiary alicyclic amines) is 1. The zero-order chi connectivity index (χ0) is 24.2. The molecule has 1 amide bonds. The molecule has 0 N–H and O–H groups in total. The molecule has 0 unspecified atom stereocenters. The van der Waals surface area contributed by atoms with Crippen LogP contribution in [-0.2, 0) is 32.3 Å². The summed E-state index contributed by atoms with van der Waals surface area (Å²) in [5, 5.41) is 4.43. The second-order valence-electron chi connectivity index (χ2n) is 10.00. The Morgan fingerprint density at radius 1 is 0.971 bits per heavy atom. The molecule has 7 heteroatoms. The lowest BCUT2D eigenvalue weighted by atomic mass is 9.86. The van der Waals surface area contributed by atoms with Crippen LogP contribution in [0.3, 0.4) is 0 Å². The van der Waals surface area contributed by atoms with Crippen LogP contribution in [0.25, 0.3) is 0 Å². The van der Waals surface area contributed by atoms with Crippen molar-refractivity contribution in [3.8, 4) is 0 Å². The van der Waals surface area contributed by atoms with Gasteiger partial charge in [-0.1, -0.05) is 65.8 Å². The van der Waals surface area contributed by atoms with E-state index in [1.54, 1.807) is 20.8 Å². The molecule has 1 heterocycles. The summed E-state index contributed by atoms with van der Waals surface area (Å²) < 4.78 is 11.2. The molecule has 1 aliphatic heterocycles. The van der Waals surface area contributed by atoms with Gasteiger partial charge in [0, 0.05) is 5.41 Å². The van der Waals surface area contributed by atoms with Crippen molar-refractivity contribution in [2.45, 2.75) is 64.9 Å². The Hall–Kier alpha value is -3.35. The Labute approximate surface area is 200 Å². The van der Waals surface area contributed by atoms with Crippen LogP contribution in [0.5, 0.6) is 0 Å². The van der Waals surface area contributed by atoms with E-state index in [-0.39, 0.29) is 18.6 Å². The summed E-state index contributed by atoms with van der Waals surface area (Å²) in [6.07, 6.45) is 1.71. The number of hydrogen-bond acceptors (Lipinski definition) is 6. The van der Waals surface area contributed by atoms with Crippen molar-refractivity contribution in [1.29, 1.82) is 0 Å². The number of carbonyl (C=O) groups excluding carboxylic acids is 2. The molecule has 1 aliphatic carbocycles. The highest BCUT2D eigenvalue weighted by atomic mass is 16.6. The highest BCUT2D eigenvalue weighted by Gasteiger charge is 2.56. The number of rotatable bonds is 6. The maximum Gasteiger partial charge on any atom is 0.411 e. The van der Waals surface area contributed by atoms with E-state index < -0.39 is 23.7 Å². The maximum atomic E-state index is 13.1. The normalized spacial score (nSPS) is 20.1. The summed E-state index contributed by atoms with van der Waals surface area (Å²) in [4.78, 5) is 33.3. The minimum atomic E-state index is -0.728. The Balaban J connectivity index is 1.49. The predicted octanol–water partition coefficient (Wildman–Crippen LogP) is 5.09. The third kappa shape index (κ3) is 5.95. The van der Waals surface area contributed by atoms with Crippen molar-refractivity contribution < 1.29 is 23.9 Å². The SMILES string of the molecule is CC(C)(C)OC(=O)N1CC(=NOCc2ccccc2)C2(CC2)C[C@H]1C(=O)OCc1ccccc1. The minimum absolute atomic E-state index is 0.159. The average molecular weight is 465 g/mol. The first kappa shape index (κ1) is 23.8. The number of esters is 1.